The van der Waals surface area contributed by atoms with Gasteiger partial charge in [0.15, 0.2) is 0 Å². The van der Waals surface area contributed by atoms with Crippen molar-refractivity contribution in [2.24, 2.45) is 5.50 Å². The zero-order valence-corrected chi connectivity index (χ0v) is 18.8. The number of alkyl halides is 24. The van der Waals surface area contributed by atoms with Crippen LogP contribution in [-0.4, -0.2) is 72.8 Å². The second kappa shape index (κ2) is 9.53. The van der Waals surface area contributed by atoms with Crippen molar-refractivity contribution in [2.45, 2.75) is 72.8 Å². The van der Waals surface area contributed by atoms with Crippen molar-refractivity contribution in [3.63, 3.8) is 0 Å². The molecule has 1 fully saturated rings. The molecule has 0 unspecified atom stereocenters. The molecule has 1 heterocycles. The quantitative estimate of drug-likeness (QED) is 0.238. The van der Waals surface area contributed by atoms with Crippen molar-refractivity contribution in [2.75, 3.05) is 0 Å². The van der Waals surface area contributed by atoms with E-state index >= 15 is 0 Å². The summed E-state index contributed by atoms with van der Waals surface area (Å²) in [5.41, 5.74) is -13.3. The predicted octanol–water partition coefficient (Wildman–Crippen LogP) is 7.87. The molecular formula is C12H4F24NO4P. The van der Waals surface area contributed by atoms with E-state index in [2.05, 4.69) is 23.6 Å². The van der Waals surface area contributed by atoms with Gasteiger partial charge in [-0.05, 0) is 0 Å². The van der Waals surface area contributed by atoms with Crippen LogP contribution < -0.4 is 5.50 Å². The van der Waals surface area contributed by atoms with Gasteiger partial charge >= 0.3 is 209 Å². The standard InChI is InChI=1S/C12H4F24NO4P/c13-3(14,15)1(4(16,17)18)38-42(37,39-2(5(19,20)21)6(22,23)24)40-7(9(25,26)27,10(28,29)30)8(41-42,11(31,32)33)12(34,35)36/h1-2H,37H2. The van der Waals surface area contributed by atoms with E-state index in [-0.39, 0.29) is 0 Å². The molecule has 0 spiro atoms. The molecule has 0 aromatic carbocycles. The first kappa shape index (κ1) is 38.6. The van der Waals surface area contributed by atoms with Crippen LogP contribution in [0.15, 0.2) is 0 Å². The summed E-state index contributed by atoms with van der Waals surface area (Å²) in [6.07, 6.45) is -77.9. The first-order valence-corrected chi connectivity index (χ1v) is 10.8. The average molecular weight is 713 g/mol. The maximum absolute atomic E-state index is 13.6. The van der Waals surface area contributed by atoms with Gasteiger partial charge in [-0.3, -0.25) is 0 Å². The third kappa shape index (κ3) is 6.21. The van der Waals surface area contributed by atoms with E-state index in [1.165, 1.54) is 0 Å². The summed E-state index contributed by atoms with van der Waals surface area (Å²) < 4.78 is 328. The molecular weight excluding hydrogens is 709 g/mol. The fraction of sp³-hybridized carbons (Fsp3) is 1.00. The molecule has 254 valence electrons. The van der Waals surface area contributed by atoms with Crippen molar-refractivity contribution >= 4 is 7.66 Å². The molecule has 0 saturated carbocycles. The number of hydrogen-bond donors (Lipinski definition) is 1. The Morgan fingerprint density at radius 1 is 0.405 bits per heavy atom. The maximum atomic E-state index is 13.6. The Morgan fingerprint density at radius 3 is 0.690 bits per heavy atom. The van der Waals surface area contributed by atoms with E-state index in [0.29, 0.717) is 0 Å². The molecule has 1 aliphatic heterocycles. The molecule has 0 aromatic heterocycles. The second-order valence-electron chi connectivity index (χ2n) is 7.54. The molecule has 0 aromatic rings. The Morgan fingerprint density at radius 2 is 0.571 bits per heavy atom. The molecule has 42 heavy (non-hydrogen) atoms. The van der Waals surface area contributed by atoms with E-state index in [0.717, 1.165) is 0 Å². The van der Waals surface area contributed by atoms with Crippen molar-refractivity contribution in [1.29, 1.82) is 0 Å². The van der Waals surface area contributed by atoms with E-state index in [4.69, 9.17) is 0 Å². The molecule has 30 heteroatoms. The van der Waals surface area contributed by atoms with Crippen LogP contribution in [0.1, 0.15) is 0 Å². The van der Waals surface area contributed by atoms with Gasteiger partial charge in [-0.15, -0.1) is 0 Å². The van der Waals surface area contributed by atoms with E-state index < -0.39 is 80.5 Å². The van der Waals surface area contributed by atoms with Gasteiger partial charge in [0.25, 0.3) is 0 Å². The van der Waals surface area contributed by atoms with Gasteiger partial charge in [0.05, 0.1) is 0 Å². The van der Waals surface area contributed by atoms with Crippen molar-refractivity contribution in [3.8, 4) is 0 Å². The van der Waals surface area contributed by atoms with Crippen molar-refractivity contribution in [3.05, 3.63) is 0 Å². The topological polar surface area (TPSA) is 62.9 Å². The molecule has 1 saturated heterocycles. The molecule has 0 radical (unpaired) electrons. The summed E-state index contributed by atoms with van der Waals surface area (Å²) in [5, 5.41) is 0. The average Bonchev–Trinajstić information content (AvgIpc) is 2.91. The third-order valence-electron chi connectivity index (χ3n) is 4.48. The molecule has 0 atom stereocenters. The van der Waals surface area contributed by atoms with Crippen LogP contribution in [0.3, 0.4) is 0 Å². The summed E-state index contributed by atoms with van der Waals surface area (Å²) in [7, 11) is -10.7. The predicted molar refractivity (Wildman–Crippen MR) is 76.9 cm³/mol. The first-order chi connectivity index (χ1) is 17.6. The van der Waals surface area contributed by atoms with Crippen LogP contribution in [0, 0.1) is 0 Å². The van der Waals surface area contributed by atoms with Crippen LogP contribution in [0.4, 0.5) is 105 Å². The number of rotatable bonds is 4. The molecule has 2 N–H and O–H groups in total. The summed E-state index contributed by atoms with van der Waals surface area (Å²) in [5.74, 6) is 0. The Hall–Kier alpha value is -1.45. The second-order valence-corrected chi connectivity index (χ2v) is 10.1. The third-order valence-corrected chi connectivity index (χ3v) is 6.86. The fourth-order valence-electron chi connectivity index (χ4n) is 3.07. The molecule has 0 bridgehead atoms. The summed E-state index contributed by atoms with van der Waals surface area (Å²) in [4.78, 5) is 0. The minimum atomic E-state index is -10.7. The van der Waals surface area contributed by atoms with Crippen LogP contribution >= 0.6 is 7.66 Å². The fourth-order valence-corrected chi connectivity index (χ4v) is 6.22. The van der Waals surface area contributed by atoms with Crippen LogP contribution in [0.2, 0.25) is 0 Å². The van der Waals surface area contributed by atoms with Gasteiger partial charge in [0.1, 0.15) is 0 Å². The van der Waals surface area contributed by atoms with Gasteiger partial charge in [-0.2, -0.15) is 0 Å². The molecule has 0 aliphatic carbocycles. The zero-order chi connectivity index (χ0) is 34.4. The van der Waals surface area contributed by atoms with Gasteiger partial charge < -0.3 is 0 Å². The van der Waals surface area contributed by atoms with Crippen molar-refractivity contribution < 1.29 is 123 Å². The molecule has 5 nitrogen and oxygen atoms in total. The Balaban J connectivity index is 4.66. The van der Waals surface area contributed by atoms with Gasteiger partial charge in [-0.25, -0.2) is 0 Å². The van der Waals surface area contributed by atoms with Gasteiger partial charge in [-0.1, -0.05) is 0 Å². The molecule has 1 rings (SSSR count). The first-order valence-electron chi connectivity index (χ1n) is 8.81. The summed E-state index contributed by atoms with van der Waals surface area (Å²) >= 11 is 0. The Kier molecular flexibility index (Phi) is 8.75. The van der Waals surface area contributed by atoms with Gasteiger partial charge in [0.2, 0.25) is 0 Å². The molecule has 1 aliphatic rings. The summed E-state index contributed by atoms with van der Waals surface area (Å²) in [6.45, 7) is 0. The summed E-state index contributed by atoms with van der Waals surface area (Å²) in [6, 6.07) is 0. The SMILES string of the molecule is NP1(OC(C(F)(F)F)C(F)(F)F)(OC(C(F)(F)F)C(F)(F)F)OC(C(F)(F)F)(C(F)(F)F)C(C(F)(F)F)(C(F)(F)F)O1. The van der Waals surface area contributed by atoms with E-state index in [1.807, 2.05) is 0 Å². The van der Waals surface area contributed by atoms with Crippen LogP contribution in [0.25, 0.3) is 0 Å². The van der Waals surface area contributed by atoms with Crippen molar-refractivity contribution in [1.82, 2.24) is 0 Å². The van der Waals surface area contributed by atoms with E-state index in [9.17, 15) is 105 Å². The normalized spacial score (nSPS) is 23.3. The molecule has 0 amide bonds. The Bertz CT molecular complexity index is 859. The number of halogens is 24. The monoisotopic (exact) mass is 713 g/mol. The van der Waals surface area contributed by atoms with Crippen LogP contribution in [-0.2, 0) is 18.1 Å². The minimum absolute atomic E-state index is 2.12. The van der Waals surface area contributed by atoms with Crippen LogP contribution in [0.5, 0.6) is 0 Å². The van der Waals surface area contributed by atoms with Gasteiger partial charge in [0, 0.05) is 0 Å². The Labute approximate surface area is 211 Å². The van der Waals surface area contributed by atoms with E-state index in [1.54, 1.807) is 0 Å². The number of nitrogens with two attached hydrogens (primary N) is 1. The zero-order valence-electron chi connectivity index (χ0n) is 17.9. The number of hydrogen-bond acceptors (Lipinski definition) is 5.